The molecule has 2 amide bonds. The molecule has 0 N–H and O–H groups in total. The van der Waals surface area contributed by atoms with Gasteiger partial charge in [-0.05, 0) is 0 Å². The number of imide groups is 1. The average Bonchev–Trinajstić information content (AvgIpc) is 2.04. The van der Waals surface area contributed by atoms with Crippen LogP contribution in [0.25, 0.3) is 0 Å². The SMILES string of the molecule is CCC(=O)N1COCOC1=O. The van der Waals surface area contributed by atoms with Gasteiger partial charge in [-0.1, -0.05) is 6.92 Å². The summed E-state index contributed by atoms with van der Waals surface area (Å²) in [5, 5.41) is 0. The predicted molar refractivity (Wildman–Crippen MR) is 34.4 cm³/mol. The molecule has 0 aromatic carbocycles. The third-order valence-electron chi connectivity index (χ3n) is 1.31. The van der Waals surface area contributed by atoms with Crippen LogP contribution in [-0.2, 0) is 14.3 Å². The van der Waals surface area contributed by atoms with Crippen LogP contribution in [-0.4, -0.2) is 30.4 Å². The summed E-state index contributed by atoms with van der Waals surface area (Å²) in [6, 6.07) is 0. The van der Waals surface area contributed by atoms with E-state index < -0.39 is 6.09 Å². The molecule has 11 heavy (non-hydrogen) atoms. The van der Waals surface area contributed by atoms with Gasteiger partial charge in [-0.2, -0.15) is 0 Å². The molecule has 0 aromatic heterocycles. The Balaban J connectivity index is 2.54. The first-order chi connectivity index (χ1) is 5.25. The lowest BCUT2D eigenvalue weighted by Gasteiger charge is -2.23. The molecule has 1 heterocycles. The minimum Gasteiger partial charge on any atom is -0.422 e. The Hall–Kier alpha value is -1.10. The number of carbonyl (C=O) groups is 2. The normalized spacial score (nSPS) is 17.9. The molecule has 1 rings (SSSR count). The molecule has 5 nitrogen and oxygen atoms in total. The van der Waals surface area contributed by atoms with Gasteiger partial charge in [0.15, 0.2) is 6.79 Å². The van der Waals surface area contributed by atoms with E-state index in [0.29, 0.717) is 0 Å². The van der Waals surface area contributed by atoms with Gasteiger partial charge in [0, 0.05) is 6.42 Å². The van der Waals surface area contributed by atoms with E-state index in [0.717, 1.165) is 4.90 Å². The fourth-order valence-electron chi connectivity index (χ4n) is 0.716. The number of hydrogen-bond acceptors (Lipinski definition) is 4. The molecule has 0 aliphatic carbocycles. The lowest BCUT2D eigenvalue weighted by Crippen LogP contribution is -2.42. The Morgan fingerprint density at radius 2 is 2.45 bits per heavy atom. The van der Waals surface area contributed by atoms with E-state index in [1.54, 1.807) is 6.92 Å². The maximum Gasteiger partial charge on any atom is 0.420 e. The molecule has 62 valence electrons. The van der Waals surface area contributed by atoms with Crippen molar-refractivity contribution in [2.45, 2.75) is 13.3 Å². The molecule has 0 radical (unpaired) electrons. The van der Waals surface area contributed by atoms with Gasteiger partial charge in [0.1, 0.15) is 6.73 Å². The Bertz CT molecular complexity index is 171. The maximum absolute atomic E-state index is 10.9. The minimum atomic E-state index is -0.622. The highest BCUT2D eigenvalue weighted by atomic mass is 16.7. The van der Waals surface area contributed by atoms with Crippen LogP contribution in [0.15, 0.2) is 0 Å². The Morgan fingerprint density at radius 1 is 1.73 bits per heavy atom. The highest BCUT2D eigenvalue weighted by Gasteiger charge is 2.24. The van der Waals surface area contributed by atoms with Crippen molar-refractivity contribution in [2.24, 2.45) is 0 Å². The first-order valence-electron chi connectivity index (χ1n) is 3.30. The van der Waals surface area contributed by atoms with Gasteiger partial charge >= 0.3 is 6.09 Å². The summed E-state index contributed by atoms with van der Waals surface area (Å²) in [7, 11) is 0. The topological polar surface area (TPSA) is 55.8 Å². The van der Waals surface area contributed by atoms with Crippen molar-refractivity contribution in [1.29, 1.82) is 0 Å². The predicted octanol–water partition coefficient (Wildman–Crippen LogP) is 0.307. The van der Waals surface area contributed by atoms with Gasteiger partial charge < -0.3 is 9.47 Å². The zero-order valence-corrected chi connectivity index (χ0v) is 6.20. The van der Waals surface area contributed by atoms with Crippen LogP contribution in [0.4, 0.5) is 4.79 Å². The van der Waals surface area contributed by atoms with E-state index in [-0.39, 0.29) is 25.9 Å². The maximum atomic E-state index is 10.9. The molecule has 0 aromatic rings. The molecule has 0 unspecified atom stereocenters. The monoisotopic (exact) mass is 159 g/mol. The molecule has 1 fully saturated rings. The standard InChI is InChI=1S/C6H9NO4/c1-2-5(8)7-3-10-4-11-6(7)9/h2-4H2,1H3. The third-order valence-corrected chi connectivity index (χ3v) is 1.31. The molecule has 1 saturated heterocycles. The summed E-state index contributed by atoms with van der Waals surface area (Å²) in [5.41, 5.74) is 0. The molecule has 1 aliphatic rings. The van der Waals surface area contributed by atoms with Crippen molar-refractivity contribution in [2.75, 3.05) is 13.5 Å². The van der Waals surface area contributed by atoms with E-state index in [2.05, 4.69) is 4.74 Å². The summed E-state index contributed by atoms with van der Waals surface area (Å²) >= 11 is 0. The summed E-state index contributed by atoms with van der Waals surface area (Å²) in [6.07, 6.45) is -0.346. The summed E-state index contributed by atoms with van der Waals surface area (Å²) in [6.45, 7) is 1.61. The number of amides is 2. The molecular formula is C6H9NO4. The van der Waals surface area contributed by atoms with Crippen molar-refractivity contribution in [3.8, 4) is 0 Å². The van der Waals surface area contributed by atoms with Crippen molar-refractivity contribution >= 4 is 12.0 Å². The molecular weight excluding hydrogens is 150 g/mol. The van der Waals surface area contributed by atoms with Crippen molar-refractivity contribution in [1.82, 2.24) is 4.90 Å². The molecule has 0 atom stereocenters. The Morgan fingerprint density at radius 3 is 3.00 bits per heavy atom. The Kier molecular flexibility index (Phi) is 2.43. The van der Waals surface area contributed by atoms with Gasteiger partial charge in [-0.3, -0.25) is 4.79 Å². The van der Waals surface area contributed by atoms with Crippen LogP contribution < -0.4 is 0 Å². The van der Waals surface area contributed by atoms with Crippen molar-refractivity contribution < 1.29 is 19.1 Å². The molecule has 5 heteroatoms. The highest BCUT2D eigenvalue weighted by molar-refractivity contribution is 5.91. The largest absolute Gasteiger partial charge is 0.422 e. The van der Waals surface area contributed by atoms with Crippen molar-refractivity contribution in [3.05, 3.63) is 0 Å². The second-order valence-electron chi connectivity index (χ2n) is 2.04. The van der Waals surface area contributed by atoms with Crippen LogP contribution in [0, 0.1) is 0 Å². The van der Waals surface area contributed by atoms with Crippen LogP contribution in [0.1, 0.15) is 13.3 Å². The van der Waals surface area contributed by atoms with E-state index in [1.165, 1.54) is 0 Å². The molecule has 1 aliphatic heterocycles. The first-order valence-corrected chi connectivity index (χ1v) is 3.30. The third kappa shape index (κ3) is 1.68. The number of hydrogen-bond donors (Lipinski definition) is 0. The molecule has 0 saturated carbocycles. The fraction of sp³-hybridized carbons (Fsp3) is 0.667. The zero-order valence-electron chi connectivity index (χ0n) is 6.20. The smallest absolute Gasteiger partial charge is 0.420 e. The van der Waals surface area contributed by atoms with E-state index in [4.69, 9.17) is 4.74 Å². The minimum absolute atomic E-state index is 0.00546. The van der Waals surface area contributed by atoms with Crippen LogP contribution in [0.5, 0.6) is 0 Å². The van der Waals surface area contributed by atoms with Gasteiger partial charge in [0.05, 0.1) is 0 Å². The van der Waals surface area contributed by atoms with Crippen LogP contribution in [0.3, 0.4) is 0 Å². The Labute approximate surface area is 63.9 Å². The second kappa shape index (κ2) is 3.34. The second-order valence-corrected chi connectivity index (χ2v) is 2.04. The van der Waals surface area contributed by atoms with Crippen molar-refractivity contribution in [3.63, 3.8) is 0 Å². The van der Waals surface area contributed by atoms with Crippen LogP contribution >= 0.6 is 0 Å². The lowest BCUT2D eigenvalue weighted by molar-refractivity contribution is -0.149. The number of rotatable bonds is 1. The highest BCUT2D eigenvalue weighted by Crippen LogP contribution is 2.03. The number of ether oxygens (including phenoxy) is 2. The van der Waals surface area contributed by atoms with Gasteiger partial charge in [0.25, 0.3) is 0 Å². The van der Waals surface area contributed by atoms with Gasteiger partial charge in [-0.25, -0.2) is 9.69 Å². The van der Waals surface area contributed by atoms with Gasteiger partial charge in [-0.15, -0.1) is 0 Å². The van der Waals surface area contributed by atoms with Gasteiger partial charge in [0.2, 0.25) is 5.91 Å². The lowest BCUT2D eigenvalue weighted by atomic mass is 10.4. The molecule has 0 spiro atoms. The first kappa shape index (κ1) is 8.00. The van der Waals surface area contributed by atoms with E-state index in [9.17, 15) is 9.59 Å². The zero-order chi connectivity index (χ0) is 8.27. The van der Waals surface area contributed by atoms with E-state index in [1.807, 2.05) is 0 Å². The van der Waals surface area contributed by atoms with E-state index >= 15 is 0 Å². The number of cyclic esters (lactones) is 1. The molecule has 0 bridgehead atoms. The average molecular weight is 159 g/mol. The summed E-state index contributed by atoms with van der Waals surface area (Å²) in [5.74, 6) is -0.283. The number of nitrogens with zero attached hydrogens (tertiary/aromatic N) is 1. The fourth-order valence-corrected chi connectivity index (χ4v) is 0.716. The van der Waals surface area contributed by atoms with Crippen LogP contribution in [0.2, 0.25) is 0 Å². The summed E-state index contributed by atoms with van der Waals surface area (Å²) < 4.78 is 9.19. The number of carbonyl (C=O) groups excluding carboxylic acids is 2. The quantitative estimate of drug-likeness (QED) is 0.552. The summed E-state index contributed by atoms with van der Waals surface area (Å²) in [4.78, 5) is 22.7.